The molecule has 0 aromatic carbocycles. The third kappa shape index (κ3) is 2.92. The van der Waals surface area contributed by atoms with E-state index in [9.17, 15) is 4.39 Å². The molecule has 0 spiro atoms. The molecular weight excluding hydrogens is 257 g/mol. The Bertz CT molecular complexity index is 459. The molecule has 1 aromatic rings. The first kappa shape index (κ1) is 15.2. The molecule has 0 unspecified atom stereocenters. The van der Waals surface area contributed by atoms with E-state index < -0.39 is 5.60 Å². The number of hydrogen-bond acceptors (Lipinski definition) is 4. The zero-order valence-corrected chi connectivity index (χ0v) is 12.6. The van der Waals surface area contributed by atoms with Crippen LogP contribution >= 0.6 is 0 Å². The van der Waals surface area contributed by atoms with Crippen molar-refractivity contribution in [1.82, 2.24) is 9.97 Å². The van der Waals surface area contributed by atoms with Gasteiger partial charge in [-0.25, -0.2) is 14.4 Å². The highest BCUT2D eigenvalue weighted by Gasteiger charge is 2.37. The second kappa shape index (κ2) is 6.48. The number of nitrogens with one attached hydrogen (secondary N) is 1. The molecule has 0 atom stereocenters. The van der Waals surface area contributed by atoms with Gasteiger partial charge in [-0.05, 0) is 26.2 Å². The van der Waals surface area contributed by atoms with Crippen molar-refractivity contribution in [1.29, 1.82) is 0 Å². The van der Waals surface area contributed by atoms with E-state index in [2.05, 4.69) is 15.3 Å². The molecule has 1 saturated carbocycles. The van der Waals surface area contributed by atoms with Crippen LogP contribution in [-0.2, 0) is 10.3 Å². The van der Waals surface area contributed by atoms with Crippen molar-refractivity contribution in [3.8, 4) is 0 Å². The molecule has 1 fully saturated rings. The molecule has 0 aliphatic heterocycles. The third-order valence-corrected chi connectivity index (χ3v) is 4.02. The maximum Gasteiger partial charge on any atom is 0.186 e. The molecule has 4 nitrogen and oxygen atoms in total. The fourth-order valence-electron chi connectivity index (χ4n) is 2.77. The highest BCUT2D eigenvalue weighted by Crippen LogP contribution is 2.39. The Balaban J connectivity index is 2.37. The number of ether oxygens (including phenoxy) is 1. The SMILES string of the molecule is CCCNc1nc(C2(OC)CCCCC2)nc(C)c1F. The Kier molecular flexibility index (Phi) is 4.91. The molecule has 1 aromatic heterocycles. The summed E-state index contributed by atoms with van der Waals surface area (Å²) in [4.78, 5) is 8.77. The average molecular weight is 281 g/mol. The van der Waals surface area contributed by atoms with E-state index in [1.54, 1.807) is 14.0 Å². The van der Waals surface area contributed by atoms with E-state index in [1.165, 1.54) is 6.42 Å². The maximum atomic E-state index is 14.1. The predicted molar refractivity (Wildman–Crippen MR) is 77.3 cm³/mol. The molecule has 0 bridgehead atoms. The molecule has 112 valence electrons. The summed E-state index contributed by atoms with van der Waals surface area (Å²) in [5.41, 5.74) is -0.0603. The van der Waals surface area contributed by atoms with Gasteiger partial charge in [-0.15, -0.1) is 0 Å². The van der Waals surface area contributed by atoms with Crippen LogP contribution in [0.5, 0.6) is 0 Å². The van der Waals surface area contributed by atoms with Crippen LogP contribution in [0.3, 0.4) is 0 Å². The van der Waals surface area contributed by atoms with E-state index in [-0.39, 0.29) is 5.82 Å². The zero-order valence-electron chi connectivity index (χ0n) is 12.6. The first-order chi connectivity index (χ1) is 9.63. The molecule has 20 heavy (non-hydrogen) atoms. The summed E-state index contributed by atoms with van der Waals surface area (Å²) in [6.45, 7) is 4.42. The second-order valence-corrected chi connectivity index (χ2v) is 5.48. The lowest BCUT2D eigenvalue weighted by Gasteiger charge is -2.34. The van der Waals surface area contributed by atoms with Crippen molar-refractivity contribution >= 4 is 5.82 Å². The molecule has 1 aliphatic carbocycles. The fourth-order valence-corrected chi connectivity index (χ4v) is 2.77. The number of aryl methyl sites for hydroxylation is 1. The van der Waals surface area contributed by atoms with Crippen molar-refractivity contribution in [2.24, 2.45) is 0 Å². The first-order valence-corrected chi connectivity index (χ1v) is 7.46. The number of anilines is 1. The van der Waals surface area contributed by atoms with Crippen LogP contribution in [0.4, 0.5) is 10.2 Å². The van der Waals surface area contributed by atoms with Gasteiger partial charge in [0.1, 0.15) is 5.60 Å². The standard InChI is InChI=1S/C15H24FN3O/c1-4-10-17-13-12(16)11(2)18-14(19-13)15(20-3)8-6-5-7-9-15/h4-10H2,1-3H3,(H,17,18,19). The highest BCUT2D eigenvalue weighted by atomic mass is 19.1. The Morgan fingerprint density at radius 1 is 1.25 bits per heavy atom. The smallest absolute Gasteiger partial charge is 0.186 e. The Labute approximate surface area is 120 Å². The van der Waals surface area contributed by atoms with Crippen LogP contribution in [-0.4, -0.2) is 23.6 Å². The second-order valence-electron chi connectivity index (χ2n) is 5.48. The van der Waals surface area contributed by atoms with Gasteiger partial charge in [-0.1, -0.05) is 26.2 Å². The van der Waals surface area contributed by atoms with Crippen LogP contribution in [0.2, 0.25) is 0 Å². The minimum absolute atomic E-state index is 0.302. The summed E-state index contributed by atoms with van der Waals surface area (Å²) in [6, 6.07) is 0. The lowest BCUT2D eigenvalue weighted by molar-refractivity contribution is -0.0516. The van der Waals surface area contributed by atoms with Crippen molar-refractivity contribution in [3.63, 3.8) is 0 Å². The molecule has 0 amide bonds. The summed E-state index contributed by atoms with van der Waals surface area (Å²) in [5, 5.41) is 3.04. The van der Waals surface area contributed by atoms with Crippen LogP contribution in [0.25, 0.3) is 0 Å². The first-order valence-electron chi connectivity index (χ1n) is 7.46. The van der Waals surface area contributed by atoms with Gasteiger partial charge in [0, 0.05) is 13.7 Å². The highest BCUT2D eigenvalue weighted by molar-refractivity contribution is 5.38. The van der Waals surface area contributed by atoms with Crippen LogP contribution in [0, 0.1) is 12.7 Å². The van der Waals surface area contributed by atoms with E-state index in [0.29, 0.717) is 23.9 Å². The zero-order chi connectivity index (χ0) is 14.6. The number of methoxy groups -OCH3 is 1. The molecule has 0 radical (unpaired) electrons. The summed E-state index contributed by atoms with van der Waals surface area (Å²) in [7, 11) is 1.70. The molecule has 1 heterocycles. The van der Waals surface area contributed by atoms with Gasteiger partial charge < -0.3 is 10.1 Å². The van der Waals surface area contributed by atoms with Gasteiger partial charge in [0.25, 0.3) is 0 Å². The summed E-state index contributed by atoms with van der Waals surface area (Å²) < 4.78 is 19.8. The quantitative estimate of drug-likeness (QED) is 0.896. The molecular formula is C15H24FN3O. The largest absolute Gasteiger partial charge is 0.370 e. The molecule has 1 aliphatic rings. The van der Waals surface area contributed by atoms with E-state index in [0.717, 1.165) is 32.1 Å². The predicted octanol–water partition coefficient (Wildman–Crippen LogP) is 3.55. The topological polar surface area (TPSA) is 47.0 Å². The van der Waals surface area contributed by atoms with Crippen LogP contribution in [0.1, 0.15) is 57.0 Å². The van der Waals surface area contributed by atoms with Crippen molar-refractivity contribution in [3.05, 3.63) is 17.3 Å². The summed E-state index contributed by atoms with van der Waals surface area (Å²) in [6.07, 6.45) is 6.15. The minimum atomic E-state index is -0.445. The van der Waals surface area contributed by atoms with E-state index in [1.807, 2.05) is 6.92 Å². The fraction of sp³-hybridized carbons (Fsp3) is 0.733. The van der Waals surface area contributed by atoms with Crippen molar-refractivity contribution < 1.29 is 9.13 Å². The molecule has 2 rings (SSSR count). The third-order valence-electron chi connectivity index (χ3n) is 4.02. The minimum Gasteiger partial charge on any atom is -0.370 e. The van der Waals surface area contributed by atoms with Gasteiger partial charge in [-0.3, -0.25) is 0 Å². The lowest BCUT2D eigenvalue weighted by Crippen LogP contribution is -2.34. The van der Waals surface area contributed by atoms with Crippen molar-refractivity contribution in [2.75, 3.05) is 19.0 Å². The maximum absolute atomic E-state index is 14.1. The average Bonchev–Trinajstić information content (AvgIpc) is 2.49. The molecule has 5 heteroatoms. The van der Waals surface area contributed by atoms with Gasteiger partial charge in [0.05, 0.1) is 5.69 Å². The number of nitrogens with zero attached hydrogens (tertiary/aromatic N) is 2. The van der Waals surface area contributed by atoms with Crippen LogP contribution in [0.15, 0.2) is 0 Å². The van der Waals surface area contributed by atoms with E-state index >= 15 is 0 Å². The van der Waals surface area contributed by atoms with Gasteiger partial charge in [0.2, 0.25) is 0 Å². The Morgan fingerprint density at radius 2 is 1.95 bits per heavy atom. The molecule has 0 saturated heterocycles. The lowest BCUT2D eigenvalue weighted by atomic mass is 9.84. The molecule has 1 N–H and O–H groups in total. The number of hydrogen-bond donors (Lipinski definition) is 1. The number of rotatable bonds is 5. The Hall–Kier alpha value is -1.23. The van der Waals surface area contributed by atoms with Gasteiger partial charge in [-0.2, -0.15) is 0 Å². The monoisotopic (exact) mass is 281 g/mol. The van der Waals surface area contributed by atoms with Gasteiger partial charge >= 0.3 is 0 Å². The number of aromatic nitrogens is 2. The van der Waals surface area contributed by atoms with Crippen molar-refractivity contribution in [2.45, 2.75) is 58.0 Å². The Morgan fingerprint density at radius 3 is 2.55 bits per heavy atom. The summed E-state index contributed by atoms with van der Waals surface area (Å²) in [5.74, 6) is 0.567. The van der Waals surface area contributed by atoms with Gasteiger partial charge in [0.15, 0.2) is 17.5 Å². The van der Waals surface area contributed by atoms with Crippen LogP contribution < -0.4 is 5.32 Å². The summed E-state index contributed by atoms with van der Waals surface area (Å²) >= 11 is 0. The number of halogens is 1. The van der Waals surface area contributed by atoms with E-state index in [4.69, 9.17) is 4.74 Å². The normalized spacial score (nSPS) is 18.0.